The van der Waals surface area contributed by atoms with E-state index in [0.29, 0.717) is 41.9 Å². The zero-order valence-electron chi connectivity index (χ0n) is 16.6. The summed E-state index contributed by atoms with van der Waals surface area (Å²) in [6, 6.07) is 7.11. The van der Waals surface area contributed by atoms with Gasteiger partial charge in [0, 0.05) is 30.0 Å². The van der Waals surface area contributed by atoms with Crippen LogP contribution < -0.4 is 14.8 Å². The Morgan fingerprint density at radius 1 is 1.23 bits per heavy atom. The summed E-state index contributed by atoms with van der Waals surface area (Å²) in [5.41, 5.74) is 1.97. The van der Waals surface area contributed by atoms with Crippen LogP contribution in [0.2, 0.25) is 0 Å². The molecule has 2 amide bonds. The van der Waals surface area contributed by atoms with Crippen molar-refractivity contribution in [3.8, 4) is 11.5 Å². The molecule has 0 fully saturated rings. The zero-order chi connectivity index (χ0) is 21.4. The molecule has 0 saturated heterocycles. The molecule has 0 spiro atoms. The lowest BCUT2D eigenvalue weighted by Crippen LogP contribution is -2.34. The number of hydrogen-bond donors (Lipinski definition) is 1. The number of ether oxygens (including phenoxy) is 2. The van der Waals surface area contributed by atoms with Crippen molar-refractivity contribution in [2.24, 2.45) is 0 Å². The van der Waals surface area contributed by atoms with Crippen LogP contribution in [0.1, 0.15) is 32.4 Å². The van der Waals surface area contributed by atoms with Gasteiger partial charge >= 0.3 is 0 Å². The number of carbonyl (C=O) groups excluding carboxylic acids is 2. The van der Waals surface area contributed by atoms with E-state index in [9.17, 15) is 9.59 Å². The van der Waals surface area contributed by atoms with Gasteiger partial charge in [0.2, 0.25) is 12.7 Å². The Morgan fingerprint density at radius 2 is 2.10 bits per heavy atom. The van der Waals surface area contributed by atoms with Crippen LogP contribution in [0.3, 0.4) is 0 Å². The number of amides is 2. The maximum atomic E-state index is 12.7. The third-order valence-corrected chi connectivity index (χ3v) is 5.94. The largest absolute Gasteiger partial charge is 0.454 e. The van der Waals surface area contributed by atoms with Crippen molar-refractivity contribution in [2.45, 2.75) is 19.9 Å². The molecule has 9 nitrogen and oxygen atoms in total. The van der Waals surface area contributed by atoms with E-state index in [1.165, 1.54) is 11.3 Å². The maximum Gasteiger partial charge on any atom is 0.279 e. The molecule has 158 valence electrons. The summed E-state index contributed by atoms with van der Waals surface area (Å²) >= 11 is 1.36. The molecule has 1 aromatic carbocycles. The van der Waals surface area contributed by atoms with Crippen LogP contribution in [0.4, 0.5) is 5.13 Å². The summed E-state index contributed by atoms with van der Waals surface area (Å²) in [6.45, 7) is 2.96. The van der Waals surface area contributed by atoms with Gasteiger partial charge in [0.1, 0.15) is 5.76 Å². The second kappa shape index (κ2) is 7.88. The number of hydrogen-bond acceptors (Lipinski definition) is 8. The average Bonchev–Trinajstić information content (AvgIpc) is 3.49. The minimum Gasteiger partial charge on any atom is -0.454 e. The predicted molar refractivity (Wildman–Crippen MR) is 112 cm³/mol. The minimum atomic E-state index is -0.373. The highest BCUT2D eigenvalue weighted by atomic mass is 32.1. The molecule has 0 aliphatic carbocycles. The molecule has 3 aromatic rings. The van der Waals surface area contributed by atoms with Crippen LogP contribution in [-0.2, 0) is 17.8 Å². The van der Waals surface area contributed by atoms with Crippen molar-refractivity contribution >= 4 is 34.4 Å². The Hall–Kier alpha value is -3.66. The summed E-state index contributed by atoms with van der Waals surface area (Å²) in [4.78, 5) is 32.1. The number of thiazole rings is 1. The van der Waals surface area contributed by atoms with Gasteiger partial charge in [0.25, 0.3) is 5.91 Å². The molecule has 4 heterocycles. The SMILES string of the molecule is Cc1cc(C(=O)Nc2nc3c(s2)CN(C(=O)C=Cc2ccc4c(c2)OCO4)CC3)no1. The summed E-state index contributed by atoms with van der Waals surface area (Å²) in [7, 11) is 0. The molecule has 0 unspecified atom stereocenters. The molecule has 0 saturated carbocycles. The van der Waals surface area contributed by atoms with Crippen LogP contribution in [0.5, 0.6) is 11.5 Å². The molecule has 2 aromatic heterocycles. The number of nitrogens with one attached hydrogen (secondary N) is 1. The molecule has 0 bridgehead atoms. The van der Waals surface area contributed by atoms with E-state index in [4.69, 9.17) is 14.0 Å². The molecule has 0 atom stereocenters. The van der Waals surface area contributed by atoms with E-state index in [1.54, 1.807) is 30.0 Å². The van der Waals surface area contributed by atoms with Crippen molar-refractivity contribution in [3.63, 3.8) is 0 Å². The first-order valence-electron chi connectivity index (χ1n) is 9.65. The first-order chi connectivity index (χ1) is 15.0. The Balaban J connectivity index is 1.23. The minimum absolute atomic E-state index is 0.0830. The molecule has 1 N–H and O–H groups in total. The van der Waals surface area contributed by atoms with E-state index in [0.717, 1.165) is 16.1 Å². The lowest BCUT2D eigenvalue weighted by molar-refractivity contribution is -0.126. The Bertz CT molecular complexity index is 1200. The lowest BCUT2D eigenvalue weighted by atomic mass is 10.1. The quantitative estimate of drug-likeness (QED) is 0.624. The number of rotatable bonds is 4. The number of nitrogens with zero attached hydrogens (tertiary/aromatic N) is 3. The monoisotopic (exact) mass is 438 g/mol. The van der Waals surface area contributed by atoms with Gasteiger partial charge in [-0.15, -0.1) is 0 Å². The zero-order valence-corrected chi connectivity index (χ0v) is 17.4. The number of anilines is 1. The van der Waals surface area contributed by atoms with E-state index in [-0.39, 0.29) is 24.3 Å². The fourth-order valence-corrected chi connectivity index (χ4v) is 4.38. The second-order valence-corrected chi connectivity index (χ2v) is 8.21. The van der Waals surface area contributed by atoms with Crippen molar-refractivity contribution < 1.29 is 23.6 Å². The van der Waals surface area contributed by atoms with E-state index in [1.807, 2.05) is 18.2 Å². The Labute approximate surface area is 181 Å². The first kappa shape index (κ1) is 19.3. The number of aromatic nitrogens is 2. The van der Waals surface area contributed by atoms with Crippen molar-refractivity contribution in [2.75, 3.05) is 18.7 Å². The average molecular weight is 438 g/mol. The van der Waals surface area contributed by atoms with Gasteiger partial charge in [-0.05, 0) is 30.7 Å². The standard InChI is InChI=1S/C21H18N4O5S/c1-12-8-15(24-30-12)20(27)23-21-22-14-6-7-25(10-18(14)31-21)19(26)5-3-13-2-4-16-17(9-13)29-11-28-16/h2-5,8-9H,6-7,10-11H2,1H3,(H,22,23,27). The number of carbonyl (C=O) groups is 2. The Morgan fingerprint density at radius 3 is 2.94 bits per heavy atom. The summed E-state index contributed by atoms with van der Waals surface area (Å²) in [6.07, 6.45) is 3.95. The van der Waals surface area contributed by atoms with Crippen LogP contribution >= 0.6 is 11.3 Å². The summed E-state index contributed by atoms with van der Waals surface area (Å²) < 4.78 is 15.6. The molecule has 5 rings (SSSR count). The topological polar surface area (TPSA) is 107 Å². The highest BCUT2D eigenvalue weighted by molar-refractivity contribution is 7.15. The van der Waals surface area contributed by atoms with Crippen LogP contribution in [-0.4, -0.2) is 40.2 Å². The van der Waals surface area contributed by atoms with Crippen LogP contribution in [0.15, 0.2) is 34.9 Å². The van der Waals surface area contributed by atoms with Gasteiger partial charge in [0.15, 0.2) is 22.3 Å². The number of benzene rings is 1. The molecular weight excluding hydrogens is 420 g/mol. The van der Waals surface area contributed by atoms with Gasteiger partial charge in [-0.1, -0.05) is 22.6 Å². The van der Waals surface area contributed by atoms with E-state index < -0.39 is 0 Å². The van der Waals surface area contributed by atoms with Gasteiger partial charge in [0.05, 0.1) is 12.2 Å². The van der Waals surface area contributed by atoms with Gasteiger partial charge < -0.3 is 18.9 Å². The molecule has 10 heteroatoms. The van der Waals surface area contributed by atoms with Crippen molar-refractivity contribution in [3.05, 3.63) is 57.9 Å². The smallest absolute Gasteiger partial charge is 0.279 e. The summed E-state index contributed by atoms with van der Waals surface area (Å²) in [5.74, 6) is 1.49. The third-order valence-electron chi connectivity index (χ3n) is 4.94. The fourth-order valence-electron chi connectivity index (χ4n) is 3.36. The molecule has 0 radical (unpaired) electrons. The number of aryl methyl sites for hydroxylation is 1. The van der Waals surface area contributed by atoms with Crippen LogP contribution in [0, 0.1) is 6.92 Å². The van der Waals surface area contributed by atoms with Crippen LogP contribution in [0.25, 0.3) is 6.08 Å². The Kier molecular flexibility index (Phi) is 4.91. The van der Waals surface area contributed by atoms with Gasteiger partial charge in [-0.3, -0.25) is 14.9 Å². The van der Waals surface area contributed by atoms with Crippen molar-refractivity contribution in [1.82, 2.24) is 15.0 Å². The van der Waals surface area contributed by atoms with Gasteiger partial charge in [-0.25, -0.2) is 4.98 Å². The van der Waals surface area contributed by atoms with Gasteiger partial charge in [-0.2, -0.15) is 0 Å². The normalized spacial score (nSPS) is 14.7. The maximum absolute atomic E-state index is 12.7. The van der Waals surface area contributed by atoms with E-state index >= 15 is 0 Å². The fraction of sp³-hybridized carbons (Fsp3) is 0.238. The highest BCUT2D eigenvalue weighted by Gasteiger charge is 2.24. The molecule has 2 aliphatic rings. The highest BCUT2D eigenvalue weighted by Crippen LogP contribution is 2.33. The predicted octanol–water partition coefficient (Wildman–Crippen LogP) is 3.02. The lowest BCUT2D eigenvalue weighted by Gasteiger charge is -2.24. The number of fused-ring (bicyclic) bond motifs is 2. The third kappa shape index (κ3) is 4.02. The van der Waals surface area contributed by atoms with E-state index in [2.05, 4.69) is 15.5 Å². The van der Waals surface area contributed by atoms with Crippen molar-refractivity contribution in [1.29, 1.82) is 0 Å². The molecular formula is C21H18N4O5S. The second-order valence-electron chi connectivity index (χ2n) is 7.12. The molecule has 2 aliphatic heterocycles. The molecule has 31 heavy (non-hydrogen) atoms. The first-order valence-corrected chi connectivity index (χ1v) is 10.5. The summed E-state index contributed by atoms with van der Waals surface area (Å²) in [5, 5.41) is 6.94.